The molecule has 0 spiro atoms. The van der Waals surface area contributed by atoms with Crippen molar-refractivity contribution in [2.75, 3.05) is 11.6 Å². The number of hydrogen-bond acceptors (Lipinski definition) is 5. The van der Waals surface area contributed by atoms with Crippen molar-refractivity contribution in [2.45, 2.75) is 24.2 Å². The second kappa shape index (κ2) is 7.67. The predicted molar refractivity (Wildman–Crippen MR) is 99.4 cm³/mol. The van der Waals surface area contributed by atoms with Gasteiger partial charge in [-0.15, -0.1) is 0 Å². The molecule has 0 radical (unpaired) electrons. The fourth-order valence-electron chi connectivity index (χ4n) is 2.84. The number of rotatable bonds is 5. The molecule has 30 heavy (non-hydrogen) atoms. The zero-order valence-corrected chi connectivity index (χ0v) is 16.5. The number of alkyl halides is 3. The number of nitrogens with one attached hydrogen (secondary N) is 3. The van der Waals surface area contributed by atoms with Crippen LogP contribution in [-0.4, -0.2) is 25.4 Å². The van der Waals surface area contributed by atoms with Crippen molar-refractivity contribution in [1.29, 1.82) is 4.78 Å². The third-order valence-corrected chi connectivity index (χ3v) is 5.27. The molecule has 0 saturated heterocycles. The van der Waals surface area contributed by atoms with Crippen LogP contribution >= 0.6 is 0 Å². The molecule has 0 aliphatic heterocycles. The van der Waals surface area contributed by atoms with Gasteiger partial charge in [0.2, 0.25) is 0 Å². The minimum atomic E-state index is -4.62. The average Bonchev–Trinajstić information content (AvgIpc) is 3.02. The van der Waals surface area contributed by atoms with Gasteiger partial charge < -0.3 is 10.3 Å². The number of aromatic nitrogens is 3. The van der Waals surface area contributed by atoms with Crippen LogP contribution in [0, 0.1) is 23.3 Å². The summed E-state index contributed by atoms with van der Waals surface area (Å²) in [6, 6.07) is 3.63. The van der Waals surface area contributed by atoms with Gasteiger partial charge in [0.1, 0.15) is 17.7 Å². The lowest BCUT2D eigenvalue weighted by Crippen LogP contribution is -2.17. The van der Waals surface area contributed by atoms with E-state index in [0.29, 0.717) is 6.07 Å². The molecular formula is C18H16F5N5OS. The van der Waals surface area contributed by atoms with Gasteiger partial charge in [-0.25, -0.2) is 27.7 Å². The maximum Gasteiger partial charge on any atom is 0.416 e. The number of H-pyrrole nitrogens is 1. The minimum absolute atomic E-state index is 0.00539. The quantitative estimate of drug-likeness (QED) is 0.499. The van der Waals surface area contributed by atoms with Crippen LogP contribution in [0.3, 0.4) is 0 Å². The molecule has 0 amide bonds. The molecule has 160 valence electrons. The fourth-order valence-corrected chi connectivity index (χ4v) is 3.75. The molecule has 12 heteroatoms. The van der Waals surface area contributed by atoms with Gasteiger partial charge >= 0.3 is 6.18 Å². The molecule has 2 aromatic heterocycles. The smallest absolute Gasteiger partial charge is 0.354 e. The topological polar surface area (TPSA) is 94.5 Å². The number of aromatic amines is 1. The van der Waals surface area contributed by atoms with Gasteiger partial charge in [-0.3, -0.25) is 0 Å². The molecule has 0 bridgehead atoms. The standard InChI is InChI=1S/C18H16F5N5OS/c1-9-17(30(2,24)29)28-16(26-9)14(27-15-13(20)7-12(19)8-25-15)10-4-3-5-11(6-10)18(21,22)23/h3-8,14,24H,1-2H3,(H,25,27)(H,26,28). The first-order valence-corrected chi connectivity index (χ1v) is 10.4. The Kier molecular flexibility index (Phi) is 5.54. The van der Waals surface area contributed by atoms with Crippen LogP contribution in [0.2, 0.25) is 0 Å². The number of hydrogen-bond donors (Lipinski definition) is 3. The highest BCUT2D eigenvalue weighted by Crippen LogP contribution is 2.33. The molecular weight excluding hydrogens is 429 g/mol. The summed E-state index contributed by atoms with van der Waals surface area (Å²) >= 11 is 0. The summed E-state index contributed by atoms with van der Waals surface area (Å²) in [6.45, 7) is 1.50. The van der Waals surface area contributed by atoms with E-state index in [9.17, 15) is 26.2 Å². The van der Waals surface area contributed by atoms with E-state index in [2.05, 4.69) is 20.3 Å². The summed E-state index contributed by atoms with van der Waals surface area (Å²) in [5.41, 5.74) is -0.621. The number of anilines is 1. The van der Waals surface area contributed by atoms with E-state index in [1.165, 1.54) is 19.1 Å². The van der Waals surface area contributed by atoms with Gasteiger partial charge in [0.25, 0.3) is 0 Å². The van der Waals surface area contributed by atoms with E-state index in [-0.39, 0.29) is 22.1 Å². The van der Waals surface area contributed by atoms with Crippen molar-refractivity contribution in [3.8, 4) is 0 Å². The Bertz CT molecular complexity index is 1190. The van der Waals surface area contributed by atoms with Gasteiger partial charge in [-0.1, -0.05) is 12.1 Å². The Morgan fingerprint density at radius 3 is 2.50 bits per heavy atom. The minimum Gasteiger partial charge on any atom is -0.354 e. The van der Waals surface area contributed by atoms with Crippen LogP contribution in [0.25, 0.3) is 0 Å². The Morgan fingerprint density at radius 1 is 1.23 bits per heavy atom. The second-order valence-electron chi connectivity index (χ2n) is 6.58. The third-order valence-electron chi connectivity index (χ3n) is 4.14. The lowest BCUT2D eigenvalue weighted by Gasteiger charge is -2.19. The summed E-state index contributed by atoms with van der Waals surface area (Å²) < 4.78 is 86.7. The summed E-state index contributed by atoms with van der Waals surface area (Å²) in [5, 5.41) is 2.53. The Labute approximate surface area is 168 Å². The van der Waals surface area contributed by atoms with Crippen LogP contribution in [0.1, 0.15) is 28.7 Å². The third kappa shape index (κ3) is 4.58. The van der Waals surface area contributed by atoms with Crippen molar-refractivity contribution >= 4 is 15.5 Å². The Hall–Kier alpha value is -3.02. The Morgan fingerprint density at radius 2 is 1.93 bits per heavy atom. The number of imidazole rings is 1. The van der Waals surface area contributed by atoms with Crippen LogP contribution < -0.4 is 5.32 Å². The average molecular weight is 445 g/mol. The fraction of sp³-hybridized carbons (Fsp3) is 0.222. The zero-order chi connectivity index (χ0) is 22.3. The zero-order valence-electron chi connectivity index (χ0n) is 15.6. The first-order valence-electron chi connectivity index (χ1n) is 8.41. The number of pyridine rings is 1. The van der Waals surface area contributed by atoms with E-state index in [4.69, 9.17) is 4.78 Å². The molecule has 2 heterocycles. The number of benzene rings is 1. The molecule has 3 rings (SSSR count). The summed E-state index contributed by atoms with van der Waals surface area (Å²) in [5.74, 6) is -2.41. The van der Waals surface area contributed by atoms with E-state index in [1.807, 2.05) is 0 Å². The number of aryl methyl sites for hydroxylation is 1. The molecule has 0 aliphatic rings. The monoisotopic (exact) mass is 445 g/mol. The summed E-state index contributed by atoms with van der Waals surface area (Å²) in [4.78, 5) is 10.5. The van der Waals surface area contributed by atoms with E-state index >= 15 is 0 Å². The predicted octanol–water partition coefficient (Wildman–Crippen LogP) is 4.65. The molecule has 0 saturated carbocycles. The highest BCUT2D eigenvalue weighted by atomic mass is 32.2. The van der Waals surface area contributed by atoms with Gasteiger partial charge in [-0.05, 0) is 24.6 Å². The first-order chi connectivity index (χ1) is 13.9. The van der Waals surface area contributed by atoms with Gasteiger partial charge in [0.05, 0.1) is 21.5 Å². The van der Waals surface area contributed by atoms with Crippen molar-refractivity contribution < 1.29 is 26.2 Å². The van der Waals surface area contributed by atoms with Gasteiger partial charge in [-0.2, -0.15) is 13.2 Å². The highest BCUT2D eigenvalue weighted by Gasteiger charge is 2.32. The van der Waals surface area contributed by atoms with E-state index < -0.39 is 45.0 Å². The first kappa shape index (κ1) is 21.7. The normalized spacial score (nSPS) is 14.9. The molecule has 3 N–H and O–H groups in total. The lowest BCUT2D eigenvalue weighted by molar-refractivity contribution is -0.137. The van der Waals surface area contributed by atoms with Crippen LogP contribution in [0.4, 0.5) is 27.8 Å². The largest absolute Gasteiger partial charge is 0.416 e. The molecule has 1 aromatic carbocycles. The maximum absolute atomic E-state index is 14.1. The number of nitrogens with zero attached hydrogens (tertiary/aromatic N) is 2. The lowest BCUT2D eigenvalue weighted by atomic mass is 10.0. The van der Waals surface area contributed by atoms with Crippen molar-refractivity contribution in [3.05, 3.63) is 70.8 Å². The van der Waals surface area contributed by atoms with Crippen molar-refractivity contribution in [3.63, 3.8) is 0 Å². The highest BCUT2D eigenvalue weighted by molar-refractivity contribution is 7.91. The molecule has 3 aromatic rings. The van der Waals surface area contributed by atoms with Crippen LogP contribution in [-0.2, 0) is 15.9 Å². The van der Waals surface area contributed by atoms with E-state index in [0.717, 1.165) is 24.6 Å². The SMILES string of the molecule is Cc1[nH]c(C(Nc2ncc(F)cc2F)c2cccc(C(F)(F)F)c2)nc1S(C)(=N)=O. The van der Waals surface area contributed by atoms with Crippen LogP contribution in [0.15, 0.2) is 41.6 Å². The van der Waals surface area contributed by atoms with E-state index in [1.54, 1.807) is 0 Å². The molecule has 2 atom stereocenters. The molecule has 2 unspecified atom stereocenters. The van der Waals surface area contributed by atoms with Crippen LogP contribution in [0.5, 0.6) is 0 Å². The number of halogens is 5. The summed E-state index contributed by atoms with van der Waals surface area (Å²) in [7, 11) is -3.24. The molecule has 0 fully saturated rings. The Balaban J connectivity index is 2.15. The van der Waals surface area contributed by atoms with Crippen molar-refractivity contribution in [1.82, 2.24) is 15.0 Å². The molecule has 6 nitrogen and oxygen atoms in total. The second-order valence-corrected chi connectivity index (χ2v) is 8.65. The van der Waals surface area contributed by atoms with Gasteiger partial charge in [0.15, 0.2) is 16.7 Å². The van der Waals surface area contributed by atoms with Gasteiger partial charge in [0, 0.05) is 18.0 Å². The molecule has 0 aliphatic carbocycles. The summed E-state index contributed by atoms with van der Waals surface area (Å²) in [6.07, 6.45) is -2.73. The maximum atomic E-state index is 14.1. The van der Waals surface area contributed by atoms with Crippen molar-refractivity contribution in [2.24, 2.45) is 0 Å².